The Balaban J connectivity index is 2.88. The molecule has 0 fully saturated rings. The molecule has 0 aliphatic rings. The summed E-state index contributed by atoms with van der Waals surface area (Å²) in [4.78, 5) is 11.1. The fourth-order valence-corrected chi connectivity index (χ4v) is 1.67. The highest BCUT2D eigenvalue weighted by Gasteiger charge is 2.23. The molecular formula is C12H14F2O3. The van der Waals surface area contributed by atoms with E-state index in [1.54, 1.807) is 13.8 Å². The second-order valence-electron chi connectivity index (χ2n) is 4.01. The van der Waals surface area contributed by atoms with E-state index < -0.39 is 18.5 Å². The largest absolute Gasteiger partial charge is 0.481 e. The Bertz CT molecular complexity index is 374. The van der Waals surface area contributed by atoms with Gasteiger partial charge in [0.2, 0.25) is 0 Å². The van der Waals surface area contributed by atoms with Crippen molar-refractivity contribution in [2.75, 3.05) is 0 Å². The highest BCUT2D eigenvalue weighted by Crippen LogP contribution is 2.26. The van der Waals surface area contributed by atoms with Gasteiger partial charge in [0, 0.05) is 0 Å². The third-order valence-electron chi connectivity index (χ3n) is 2.40. The molecule has 17 heavy (non-hydrogen) atoms. The standard InChI is InChI=1S/C12H14F2O3/c1-7(2)10(11(15)16)8-3-5-9(6-4-8)17-12(13)14/h3-7,10,12H,1-2H3,(H,15,16)/t10-/m1/s1. The zero-order chi connectivity index (χ0) is 13.0. The van der Waals surface area contributed by atoms with E-state index in [1.807, 2.05) is 0 Å². The highest BCUT2D eigenvalue weighted by molar-refractivity contribution is 5.76. The third kappa shape index (κ3) is 3.69. The minimum Gasteiger partial charge on any atom is -0.481 e. The van der Waals surface area contributed by atoms with Crippen molar-refractivity contribution in [1.29, 1.82) is 0 Å². The lowest BCUT2D eigenvalue weighted by Gasteiger charge is -2.16. The molecular weight excluding hydrogens is 230 g/mol. The molecule has 94 valence electrons. The normalized spacial score (nSPS) is 12.8. The van der Waals surface area contributed by atoms with Crippen molar-refractivity contribution >= 4 is 5.97 Å². The first kappa shape index (κ1) is 13.4. The molecule has 0 radical (unpaired) electrons. The first-order chi connectivity index (χ1) is 7.91. The summed E-state index contributed by atoms with van der Waals surface area (Å²) in [5, 5.41) is 9.06. The van der Waals surface area contributed by atoms with E-state index in [0.717, 1.165) is 0 Å². The number of hydrogen-bond acceptors (Lipinski definition) is 2. The molecule has 0 spiro atoms. The monoisotopic (exact) mass is 244 g/mol. The van der Waals surface area contributed by atoms with E-state index in [-0.39, 0.29) is 11.7 Å². The Morgan fingerprint density at radius 2 is 1.76 bits per heavy atom. The molecule has 0 saturated carbocycles. The van der Waals surface area contributed by atoms with Gasteiger partial charge in [0.1, 0.15) is 5.75 Å². The molecule has 1 N–H and O–H groups in total. The summed E-state index contributed by atoms with van der Waals surface area (Å²) >= 11 is 0. The van der Waals surface area contributed by atoms with Gasteiger partial charge in [0.05, 0.1) is 5.92 Å². The molecule has 0 unspecified atom stereocenters. The van der Waals surface area contributed by atoms with Crippen molar-refractivity contribution < 1.29 is 23.4 Å². The number of carboxylic acids is 1. The van der Waals surface area contributed by atoms with Crippen molar-refractivity contribution in [2.45, 2.75) is 26.4 Å². The number of ether oxygens (including phenoxy) is 1. The smallest absolute Gasteiger partial charge is 0.387 e. The number of benzene rings is 1. The molecule has 1 aromatic rings. The summed E-state index contributed by atoms with van der Waals surface area (Å²) in [5.41, 5.74) is 0.578. The third-order valence-corrected chi connectivity index (χ3v) is 2.40. The molecule has 0 aliphatic carbocycles. The van der Waals surface area contributed by atoms with Crippen LogP contribution in [0.15, 0.2) is 24.3 Å². The number of carboxylic acid groups (broad SMARTS) is 1. The Labute approximate surface area is 98.0 Å². The van der Waals surface area contributed by atoms with Crippen LogP contribution in [0.1, 0.15) is 25.3 Å². The van der Waals surface area contributed by atoms with Gasteiger partial charge in [-0.1, -0.05) is 26.0 Å². The Morgan fingerprint density at radius 3 is 2.12 bits per heavy atom. The van der Waals surface area contributed by atoms with E-state index in [1.165, 1.54) is 24.3 Å². The molecule has 0 saturated heterocycles. The van der Waals surface area contributed by atoms with E-state index in [0.29, 0.717) is 5.56 Å². The van der Waals surface area contributed by atoms with Crippen LogP contribution in [-0.4, -0.2) is 17.7 Å². The minimum absolute atomic E-state index is 0.0247. The van der Waals surface area contributed by atoms with E-state index in [4.69, 9.17) is 5.11 Å². The first-order valence-electron chi connectivity index (χ1n) is 5.19. The highest BCUT2D eigenvalue weighted by atomic mass is 19.3. The van der Waals surface area contributed by atoms with Gasteiger partial charge in [0.15, 0.2) is 0 Å². The van der Waals surface area contributed by atoms with Gasteiger partial charge in [-0.05, 0) is 23.6 Å². The second-order valence-corrected chi connectivity index (χ2v) is 4.01. The zero-order valence-corrected chi connectivity index (χ0v) is 9.56. The lowest BCUT2D eigenvalue weighted by atomic mass is 9.88. The number of carbonyl (C=O) groups is 1. The van der Waals surface area contributed by atoms with Gasteiger partial charge in [-0.15, -0.1) is 0 Å². The first-order valence-corrected chi connectivity index (χ1v) is 5.19. The van der Waals surface area contributed by atoms with Crippen LogP contribution >= 0.6 is 0 Å². The molecule has 0 bridgehead atoms. The average molecular weight is 244 g/mol. The number of alkyl halides is 2. The summed E-state index contributed by atoms with van der Waals surface area (Å²) in [6.07, 6.45) is 0. The quantitative estimate of drug-likeness (QED) is 0.865. The fourth-order valence-electron chi connectivity index (χ4n) is 1.67. The maximum Gasteiger partial charge on any atom is 0.387 e. The summed E-state index contributed by atoms with van der Waals surface area (Å²) in [6.45, 7) is 0.714. The maximum absolute atomic E-state index is 11.9. The van der Waals surface area contributed by atoms with Gasteiger partial charge in [-0.2, -0.15) is 8.78 Å². The fraction of sp³-hybridized carbons (Fsp3) is 0.417. The van der Waals surface area contributed by atoms with Gasteiger partial charge in [0.25, 0.3) is 0 Å². The SMILES string of the molecule is CC(C)[C@@H](C(=O)O)c1ccc(OC(F)F)cc1. The number of rotatable bonds is 5. The molecule has 1 atom stereocenters. The van der Waals surface area contributed by atoms with Gasteiger partial charge in [-0.3, -0.25) is 4.79 Å². The molecule has 0 aliphatic heterocycles. The van der Waals surface area contributed by atoms with Gasteiger partial charge in [-0.25, -0.2) is 0 Å². The summed E-state index contributed by atoms with van der Waals surface area (Å²) in [5.74, 6) is -1.62. The predicted octanol–water partition coefficient (Wildman–Crippen LogP) is 3.11. The van der Waals surface area contributed by atoms with Crippen molar-refractivity contribution in [1.82, 2.24) is 0 Å². The molecule has 5 heteroatoms. The van der Waals surface area contributed by atoms with Crippen molar-refractivity contribution in [3.63, 3.8) is 0 Å². The van der Waals surface area contributed by atoms with Crippen LogP contribution in [0.25, 0.3) is 0 Å². The Hall–Kier alpha value is -1.65. The number of hydrogen-bond donors (Lipinski definition) is 1. The van der Waals surface area contributed by atoms with Crippen molar-refractivity contribution in [3.8, 4) is 5.75 Å². The van der Waals surface area contributed by atoms with Crippen LogP contribution in [0, 0.1) is 5.92 Å². The molecule has 0 amide bonds. The molecule has 3 nitrogen and oxygen atoms in total. The Morgan fingerprint density at radius 1 is 1.24 bits per heavy atom. The van der Waals surface area contributed by atoms with E-state index >= 15 is 0 Å². The average Bonchev–Trinajstić information content (AvgIpc) is 2.18. The van der Waals surface area contributed by atoms with Crippen molar-refractivity contribution in [3.05, 3.63) is 29.8 Å². The molecule has 0 aromatic heterocycles. The van der Waals surface area contributed by atoms with Crippen LogP contribution in [0.3, 0.4) is 0 Å². The second kappa shape index (κ2) is 5.61. The van der Waals surface area contributed by atoms with Crippen LogP contribution in [0.2, 0.25) is 0 Å². The lowest BCUT2D eigenvalue weighted by Crippen LogP contribution is -2.17. The van der Waals surface area contributed by atoms with Crippen molar-refractivity contribution in [2.24, 2.45) is 5.92 Å². The minimum atomic E-state index is -2.87. The van der Waals surface area contributed by atoms with Crippen LogP contribution in [0.5, 0.6) is 5.75 Å². The van der Waals surface area contributed by atoms with Crippen LogP contribution in [0.4, 0.5) is 8.78 Å². The van der Waals surface area contributed by atoms with Crippen LogP contribution in [-0.2, 0) is 4.79 Å². The number of halogens is 2. The summed E-state index contributed by atoms with van der Waals surface area (Å²) in [7, 11) is 0. The summed E-state index contributed by atoms with van der Waals surface area (Å²) < 4.78 is 28.0. The Kier molecular flexibility index (Phi) is 4.43. The van der Waals surface area contributed by atoms with Crippen LogP contribution < -0.4 is 4.74 Å². The molecule has 0 heterocycles. The van der Waals surface area contributed by atoms with Gasteiger partial charge < -0.3 is 9.84 Å². The van der Waals surface area contributed by atoms with E-state index in [2.05, 4.69) is 4.74 Å². The lowest BCUT2D eigenvalue weighted by molar-refractivity contribution is -0.139. The molecule has 1 rings (SSSR count). The topological polar surface area (TPSA) is 46.5 Å². The number of aliphatic carboxylic acids is 1. The summed E-state index contributed by atoms with van der Waals surface area (Å²) in [6, 6.07) is 5.69. The predicted molar refractivity (Wildman–Crippen MR) is 58.3 cm³/mol. The zero-order valence-electron chi connectivity index (χ0n) is 9.56. The van der Waals surface area contributed by atoms with Gasteiger partial charge >= 0.3 is 12.6 Å². The van der Waals surface area contributed by atoms with E-state index in [9.17, 15) is 13.6 Å². The maximum atomic E-state index is 11.9. The molecule has 1 aromatic carbocycles.